The topological polar surface area (TPSA) is 58.6 Å². The van der Waals surface area contributed by atoms with Crippen molar-refractivity contribution in [2.75, 3.05) is 13.2 Å². The second-order valence-electron chi connectivity index (χ2n) is 3.90. The van der Waals surface area contributed by atoms with Gasteiger partial charge in [0.15, 0.2) is 0 Å². The lowest BCUT2D eigenvalue weighted by Gasteiger charge is -2.13. The summed E-state index contributed by atoms with van der Waals surface area (Å²) in [4.78, 5) is 10.9. The molecular weight excluding hydrogens is 218 g/mol. The Morgan fingerprint density at radius 1 is 1.53 bits per heavy atom. The van der Waals surface area contributed by atoms with E-state index in [1.54, 1.807) is 0 Å². The fourth-order valence-corrected chi connectivity index (χ4v) is 1.56. The molecule has 94 valence electrons. The summed E-state index contributed by atoms with van der Waals surface area (Å²) < 4.78 is 5.51. The monoisotopic (exact) mass is 237 g/mol. The maximum atomic E-state index is 10.9. The smallest absolute Gasteiger partial charge is 0.320 e. The van der Waals surface area contributed by atoms with Gasteiger partial charge in [0, 0.05) is 6.42 Å². The molecule has 0 aromatic heterocycles. The van der Waals surface area contributed by atoms with Gasteiger partial charge in [0.2, 0.25) is 0 Å². The fraction of sp³-hybridized carbons (Fsp3) is 0.462. The Morgan fingerprint density at radius 3 is 2.88 bits per heavy atom. The standard InChI is InChI=1S/C13H19NO3/c1-3-14-12(13(15)16)7-8-17-11-6-4-5-10(2)9-11/h4-6,9,12,14H,3,7-8H2,1-2H3,(H,15,16). The van der Waals surface area contributed by atoms with Gasteiger partial charge in [-0.3, -0.25) is 4.79 Å². The molecule has 0 saturated heterocycles. The number of likely N-dealkylation sites (N-methyl/N-ethyl adjacent to an activating group) is 1. The van der Waals surface area contributed by atoms with Crippen molar-refractivity contribution in [3.05, 3.63) is 29.8 Å². The average molecular weight is 237 g/mol. The van der Waals surface area contributed by atoms with Crippen LogP contribution in [0.4, 0.5) is 0 Å². The molecule has 0 fully saturated rings. The summed E-state index contributed by atoms with van der Waals surface area (Å²) in [5, 5.41) is 11.8. The first-order chi connectivity index (χ1) is 8.13. The average Bonchev–Trinajstić information content (AvgIpc) is 2.28. The van der Waals surface area contributed by atoms with Gasteiger partial charge >= 0.3 is 5.97 Å². The number of carboxylic acids is 1. The summed E-state index contributed by atoms with van der Waals surface area (Å²) in [5.41, 5.74) is 1.13. The van der Waals surface area contributed by atoms with E-state index in [0.717, 1.165) is 11.3 Å². The van der Waals surface area contributed by atoms with E-state index in [9.17, 15) is 4.79 Å². The van der Waals surface area contributed by atoms with Crippen molar-refractivity contribution >= 4 is 5.97 Å². The SMILES string of the molecule is CCNC(CCOc1cccc(C)c1)C(=O)O. The summed E-state index contributed by atoms with van der Waals surface area (Å²) in [6, 6.07) is 7.18. The molecule has 1 atom stereocenters. The third kappa shape index (κ3) is 4.87. The van der Waals surface area contributed by atoms with E-state index in [0.29, 0.717) is 19.6 Å². The van der Waals surface area contributed by atoms with E-state index in [-0.39, 0.29) is 0 Å². The molecule has 4 nitrogen and oxygen atoms in total. The highest BCUT2D eigenvalue weighted by atomic mass is 16.5. The molecule has 1 rings (SSSR count). The zero-order valence-corrected chi connectivity index (χ0v) is 10.3. The van der Waals surface area contributed by atoms with Crippen LogP contribution in [0.2, 0.25) is 0 Å². The van der Waals surface area contributed by atoms with Crippen molar-refractivity contribution in [2.45, 2.75) is 26.3 Å². The van der Waals surface area contributed by atoms with Crippen molar-refractivity contribution in [1.29, 1.82) is 0 Å². The number of aliphatic carboxylic acids is 1. The molecule has 0 aliphatic heterocycles. The molecule has 17 heavy (non-hydrogen) atoms. The first-order valence-corrected chi connectivity index (χ1v) is 5.79. The zero-order chi connectivity index (χ0) is 12.7. The number of hydrogen-bond donors (Lipinski definition) is 2. The van der Waals surface area contributed by atoms with Gasteiger partial charge in [-0.1, -0.05) is 19.1 Å². The van der Waals surface area contributed by atoms with Crippen molar-refractivity contribution in [3.8, 4) is 5.75 Å². The first kappa shape index (κ1) is 13.5. The van der Waals surface area contributed by atoms with Gasteiger partial charge in [-0.05, 0) is 31.2 Å². The van der Waals surface area contributed by atoms with Crippen LogP contribution in [0, 0.1) is 6.92 Å². The second kappa shape index (κ2) is 6.91. The van der Waals surface area contributed by atoms with Crippen LogP contribution in [-0.4, -0.2) is 30.3 Å². The van der Waals surface area contributed by atoms with Crippen LogP contribution in [0.1, 0.15) is 18.9 Å². The van der Waals surface area contributed by atoms with E-state index in [1.165, 1.54) is 0 Å². The van der Waals surface area contributed by atoms with Crippen LogP contribution in [-0.2, 0) is 4.79 Å². The van der Waals surface area contributed by atoms with Crippen LogP contribution >= 0.6 is 0 Å². The maximum absolute atomic E-state index is 10.9. The molecule has 0 amide bonds. The Morgan fingerprint density at radius 2 is 2.29 bits per heavy atom. The molecule has 0 bridgehead atoms. The van der Waals surface area contributed by atoms with Crippen molar-refractivity contribution in [3.63, 3.8) is 0 Å². The van der Waals surface area contributed by atoms with Gasteiger partial charge in [-0.25, -0.2) is 0 Å². The molecule has 0 heterocycles. The Balaban J connectivity index is 2.38. The highest BCUT2D eigenvalue weighted by Crippen LogP contribution is 2.12. The van der Waals surface area contributed by atoms with Crippen molar-refractivity contribution in [2.24, 2.45) is 0 Å². The van der Waals surface area contributed by atoms with Gasteiger partial charge in [-0.2, -0.15) is 0 Å². The molecule has 4 heteroatoms. The van der Waals surface area contributed by atoms with E-state index in [4.69, 9.17) is 9.84 Å². The molecule has 0 spiro atoms. The Bertz CT molecular complexity index is 365. The molecule has 0 aliphatic rings. The summed E-state index contributed by atoms with van der Waals surface area (Å²) in [6.07, 6.45) is 0.455. The number of nitrogens with one attached hydrogen (secondary N) is 1. The highest BCUT2D eigenvalue weighted by molar-refractivity contribution is 5.73. The minimum Gasteiger partial charge on any atom is -0.494 e. The number of hydrogen-bond acceptors (Lipinski definition) is 3. The molecule has 0 saturated carbocycles. The van der Waals surface area contributed by atoms with Gasteiger partial charge in [0.25, 0.3) is 0 Å². The minimum absolute atomic E-state index is 0.396. The third-order valence-corrected chi connectivity index (χ3v) is 2.41. The molecule has 1 unspecified atom stereocenters. The van der Waals surface area contributed by atoms with Gasteiger partial charge in [0.05, 0.1) is 6.61 Å². The van der Waals surface area contributed by atoms with Crippen LogP contribution in [0.5, 0.6) is 5.75 Å². The predicted molar refractivity (Wildman–Crippen MR) is 66.4 cm³/mol. The normalized spacial score (nSPS) is 12.1. The first-order valence-electron chi connectivity index (χ1n) is 5.79. The lowest BCUT2D eigenvalue weighted by molar-refractivity contribution is -0.139. The summed E-state index contributed by atoms with van der Waals surface area (Å²) in [5.74, 6) is -0.0506. The molecule has 0 radical (unpaired) electrons. The number of carboxylic acid groups (broad SMARTS) is 1. The van der Waals surface area contributed by atoms with E-state index in [1.807, 2.05) is 38.1 Å². The van der Waals surface area contributed by atoms with Gasteiger partial charge < -0.3 is 15.2 Å². The van der Waals surface area contributed by atoms with Crippen LogP contribution < -0.4 is 10.1 Å². The number of benzene rings is 1. The second-order valence-corrected chi connectivity index (χ2v) is 3.90. The van der Waals surface area contributed by atoms with E-state index >= 15 is 0 Å². The van der Waals surface area contributed by atoms with Crippen LogP contribution in [0.15, 0.2) is 24.3 Å². The molecule has 1 aromatic carbocycles. The summed E-state index contributed by atoms with van der Waals surface area (Å²) in [7, 11) is 0. The van der Waals surface area contributed by atoms with Gasteiger partial charge in [-0.15, -0.1) is 0 Å². The van der Waals surface area contributed by atoms with E-state index in [2.05, 4.69) is 5.32 Å². The Kier molecular flexibility index (Phi) is 5.49. The Hall–Kier alpha value is -1.55. The molecular formula is C13H19NO3. The lowest BCUT2D eigenvalue weighted by atomic mass is 10.2. The van der Waals surface area contributed by atoms with E-state index < -0.39 is 12.0 Å². The van der Waals surface area contributed by atoms with Crippen LogP contribution in [0.3, 0.4) is 0 Å². The minimum atomic E-state index is -0.834. The van der Waals surface area contributed by atoms with Crippen molar-refractivity contribution in [1.82, 2.24) is 5.32 Å². The van der Waals surface area contributed by atoms with Crippen LogP contribution in [0.25, 0.3) is 0 Å². The quantitative estimate of drug-likeness (QED) is 0.759. The number of carbonyl (C=O) groups is 1. The zero-order valence-electron chi connectivity index (χ0n) is 10.3. The van der Waals surface area contributed by atoms with Crippen molar-refractivity contribution < 1.29 is 14.6 Å². The largest absolute Gasteiger partial charge is 0.494 e. The maximum Gasteiger partial charge on any atom is 0.320 e. The molecule has 1 aromatic rings. The number of aryl methyl sites for hydroxylation is 1. The fourth-order valence-electron chi connectivity index (χ4n) is 1.56. The summed E-state index contributed by atoms with van der Waals surface area (Å²) in [6.45, 7) is 4.91. The molecule has 0 aliphatic carbocycles. The number of ether oxygens (including phenoxy) is 1. The third-order valence-electron chi connectivity index (χ3n) is 2.41. The summed E-state index contributed by atoms with van der Waals surface area (Å²) >= 11 is 0. The predicted octanol–water partition coefficient (Wildman–Crippen LogP) is 1.83. The Labute approximate surface area is 102 Å². The highest BCUT2D eigenvalue weighted by Gasteiger charge is 2.15. The van der Waals surface area contributed by atoms with Gasteiger partial charge in [0.1, 0.15) is 11.8 Å². The lowest BCUT2D eigenvalue weighted by Crippen LogP contribution is -2.37. The molecule has 2 N–H and O–H groups in total. The number of rotatable bonds is 7.